The third-order valence-electron chi connectivity index (χ3n) is 3.56. The first kappa shape index (κ1) is 14.7. The summed E-state index contributed by atoms with van der Waals surface area (Å²) in [6, 6.07) is 10.3. The minimum absolute atomic E-state index is 0.0694. The number of nitrogens with zero attached hydrogens (tertiary/aromatic N) is 2. The van der Waals surface area contributed by atoms with Crippen molar-refractivity contribution >= 4 is 17.0 Å². The zero-order valence-electron chi connectivity index (χ0n) is 12.2. The van der Waals surface area contributed by atoms with Crippen LogP contribution in [-0.4, -0.2) is 25.6 Å². The Morgan fingerprint density at radius 3 is 2.57 bits per heavy atom. The van der Waals surface area contributed by atoms with Crippen molar-refractivity contribution in [1.29, 1.82) is 0 Å². The van der Waals surface area contributed by atoms with Crippen LogP contribution < -0.4 is 11.2 Å². The molecule has 116 valence electrons. The number of carboxylic acids is 1. The van der Waals surface area contributed by atoms with Crippen LogP contribution in [0.15, 0.2) is 46.0 Å². The second-order valence-corrected chi connectivity index (χ2v) is 4.93. The van der Waals surface area contributed by atoms with Crippen molar-refractivity contribution in [2.45, 2.75) is 13.5 Å². The van der Waals surface area contributed by atoms with Crippen molar-refractivity contribution in [1.82, 2.24) is 14.5 Å². The predicted molar refractivity (Wildman–Crippen MR) is 84.7 cm³/mol. The fraction of sp³-hybridized carbons (Fsp3) is 0.125. The van der Waals surface area contributed by atoms with Gasteiger partial charge in [-0.3, -0.25) is 14.3 Å². The maximum absolute atomic E-state index is 12.1. The van der Waals surface area contributed by atoms with Gasteiger partial charge in [-0.15, -0.1) is 0 Å². The third-order valence-corrected chi connectivity index (χ3v) is 3.56. The number of carboxylic acid groups (broad SMARTS) is 1. The average molecular weight is 311 g/mol. The molecule has 2 heterocycles. The first-order valence-electron chi connectivity index (χ1n) is 6.99. The zero-order chi connectivity index (χ0) is 16.6. The normalized spacial score (nSPS) is 10.8. The second-order valence-electron chi connectivity index (χ2n) is 4.93. The van der Waals surface area contributed by atoms with E-state index in [1.165, 1.54) is 10.6 Å². The summed E-state index contributed by atoms with van der Waals surface area (Å²) in [5, 5.41) is 9.35. The summed E-state index contributed by atoms with van der Waals surface area (Å²) in [4.78, 5) is 42.1. The van der Waals surface area contributed by atoms with Gasteiger partial charge in [0, 0.05) is 12.1 Å². The summed E-state index contributed by atoms with van der Waals surface area (Å²) in [6.45, 7) is 1.98. The smallest absolute Gasteiger partial charge is 0.336 e. The lowest BCUT2D eigenvalue weighted by Gasteiger charge is -2.10. The number of fused-ring (bicyclic) bond motifs is 1. The molecule has 0 fully saturated rings. The SMILES string of the molecule is CCn1c(=O)[nH]c(=O)c2c(C(=O)O)cc(-c3ccccc3)nc21. The van der Waals surface area contributed by atoms with Crippen LogP contribution in [0.1, 0.15) is 17.3 Å². The van der Waals surface area contributed by atoms with Crippen LogP contribution in [0, 0.1) is 0 Å². The minimum atomic E-state index is -1.25. The standard InChI is InChI=1S/C16H13N3O4/c1-2-19-13-12(14(20)18-16(19)23)10(15(21)22)8-11(17-13)9-6-4-3-5-7-9/h3-8H,2H2,1H3,(H,21,22)(H,18,20,23). The predicted octanol–water partition coefficient (Wildman–Crippen LogP) is 1.47. The van der Waals surface area contributed by atoms with E-state index in [9.17, 15) is 19.5 Å². The summed E-state index contributed by atoms with van der Waals surface area (Å²) in [7, 11) is 0. The molecular weight excluding hydrogens is 298 g/mol. The van der Waals surface area contributed by atoms with Gasteiger partial charge in [0.2, 0.25) is 0 Å². The maximum Gasteiger partial charge on any atom is 0.336 e. The summed E-state index contributed by atoms with van der Waals surface area (Å²) >= 11 is 0. The number of pyridine rings is 1. The molecule has 0 aliphatic carbocycles. The Balaban J connectivity index is 2.50. The number of nitrogens with one attached hydrogen (secondary N) is 1. The van der Waals surface area contributed by atoms with Gasteiger partial charge in [-0.1, -0.05) is 30.3 Å². The van der Waals surface area contributed by atoms with Gasteiger partial charge >= 0.3 is 11.7 Å². The Kier molecular flexibility index (Phi) is 3.53. The topological polar surface area (TPSA) is 105 Å². The molecule has 0 aliphatic heterocycles. The molecule has 0 bridgehead atoms. The lowest BCUT2D eigenvalue weighted by atomic mass is 10.1. The van der Waals surface area contributed by atoms with Crippen LogP contribution in [0.5, 0.6) is 0 Å². The first-order valence-corrected chi connectivity index (χ1v) is 6.99. The Labute approximate surface area is 129 Å². The molecule has 2 N–H and O–H groups in total. The van der Waals surface area contributed by atoms with E-state index in [-0.39, 0.29) is 23.1 Å². The second kappa shape index (κ2) is 5.53. The summed E-state index contributed by atoms with van der Waals surface area (Å²) < 4.78 is 1.25. The van der Waals surface area contributed by atoms with Crippen LogP contribution in [0.3, 0.4) is 0 Å². The van der Waals surface area contributed by atoms with Gasteiger partial charge in [0.1, 0.15) is 0 Å². The van der Waals surface area contributed by atoms with E-state index in [2.05, 4.69) is 9.97 Å². The fourth-order valence-corrected chi connectivity index (χ4v) is 2.49. The fourth-order valence-electron chi connectivity index (χ4n) is 2.49. The van der Waals surface area contributed by atoms with E-state index in [4.69, 9.17) is 0 Å². The molecular formula is C16H13N3O4. The number of H-pyrrole nitrogens is 1. The number of carbonyl (C=O) groups is 1. The first-order chi connectivity index (χ1) is 11.0. The average Bonchev–Trinajstić information content (AvgIpc) is 2.54. The number of hydrogen-bond acceptors (Lipinski definition) is 4. The van der Waals surface area contributed by atoms with Gasteiger partial charge in [0.05, 0.1) is 16.6 Å². The summed E-state index contributed by atoms with van der Waals surface area (Å²) in [5.41, 5.74) is -0.384. The molecule has 7 heteroatoms. The number of hydrogen-bond donors (Lipinski definition) is 2. The molecule has 0 unspecified atom stereocenters. The molecule has 0 saturated carbocycles. The van der Waals surface area contributed by atoms with Crippen LogP contribution in [-0.2, 0) is 6.54 Å². The van der Waals surface area contributed by atoms with Crippen molar-refractivity contribution in [3.05, 3.63) is 62.8 Å². The third kappa shape index (κ3) is 2.42. The van der Waals surface area contributed by atoms with E-state index < -0.39 is 17.2 Å². The van der Waals surface area contributed by atoms with Crippen LogP contribution in [0.2, 0.25) is 0 Å². The van der Waals surface area contributed by atoms with Gasteiger partial charge in [-0.05, 0) is 13.0 Å². The highest BCUT2D eigenvalue weighted by Crippen LogP contribution is 2.22. The quantitative estimate of drug-likeness (QED) is 0.762. The molecule has 0 radical (unpaired) electrons. The molecule has 23 heavy (non-hydrogen) atoms. The maximum atomic E-state index is 12.1. The van der Waals surface area contributed by atoms with Crippen LogP contribution in [0.25, 0.3) is 22.3 Å². The molecule has 0 amide bonds. The number of rotatable bonds is 3. The molecule has 0 saturated heterocycles. The highest BCUT2D eigenvalue weighted by molar-refractivity contribution is 6.02. The van der Waals surface area contributed by atoms with Crippen molar-refractivity contribution in [2.24, 2.45) is 0 Å². The molecule has 0 atom stereocenters. The molecule has 7 nitrogen and oxygen atoms in total. The lowest BCUT2D eigenvalue weighted by Crippen LogP contribution is -2.31. The highest BCUT2D eigenvalue weighted by Gasteiger charge is 2.18. The molecule has 0 spiro atoms. The Morgan fingerprint density at radius 1 is 1.26 bits per heavy atom. The Morgan fingerprint density at radius 2 is 1.96 bits per heavy atom. The summed E-state index contributed by atoms with van der Waals surface area (Å²) in [5.74, 6) is -1.25. The van der Waals surface area contributed by atoms with E-state index in [0.717, 1.165) is 0 Å². The van der Waals surface area contributed by atoms with Crippen molar-refractivity contribution < 1.29 is 9.90 Å². The van der Waals surface area contributed by atoms with Crippen molar-refractivity contribution in [3.63, 3.8) is 0 Å². The molecule has 0 aliphatic rings. The van der Waals surface area contributed by atoms with Gasteiger partial charge in [-0.25, -0.2) is 14.6 Å². The van der Waals surface area contributed by atoms with Gasteiger partial charge in [0.25, 0.3) is 5.56 Å². The molecule has 3 rings (SSSR count). The van der Waals surface area contributed by atoms with Crippen LogP contribution in [0.4, 0.5) is 0 Å². The zero-order valence-corrected chi connectivity index (χ0v) is 12.2. The molecule has 3 aromatic rings. The lowest BCUT2D eigenvalue weighted by molar-refractivity contribution is 0.0699. The number of aromatic nitrogens is 3. The minimum Gasteiger partial charge on any atom is -0.478 e. The Bertz CT molecular complexity index is 1020. The molecule has 1 aromatic carbocycles. The van der Waals surface area contributed by atoms with Gasteiger partial charge in [-0.2, -0.15) is 0 Å². The van der Waals surface area contributed by atoms with E-state index in [0.29, 0.717) is 11.3 Å². The Hall–Kier alpha value is -3.22. The molecule has 2 aromatic heterocycles. The van der Waals surface area contributed by atoms with Crippen molar-refractivity contribution in [3.8, 4) is 11.3 Å². The van der Waals surface area contributed by atoms with E-state index in [1.807, 2.05) is 6.07 Å². The number of aromatic carboxylic acids is 1. The number of aryl methyl sites for hydroxylation is 1. The van der Waals surface area contributed by atoms with Crippen LogP contribution >= 0.6 is 0 Å². The van der Waals surface area contributed by atoms with Gasteiger partial charge in [0.15, 0.2) is 5.65 Å². The summed E-state index contributed by atoms with van der Waals surface area (Å²) in [6.07, 6.45) is 0. The number of benzene rings is 1. The highest BCUT2D eigenvalue weighted by atomic mass is 16.4. The largest absolute Gasteiger partial charge is 0.478 e. The number of aromatic amines is 1. The van der Waals surface area contributed by atoms with Crippen molar-refractivity contribution in [2.75, 3.05) is 0 Å². The van der Waals surface area contributed by atoms with E-state index in [1.54, 1.807) is 31.2 Å². The monoisotopic (exact) mass is 311 g/mol. The van der Waals surface area contributed by atoms with Gasteiger partial charge < -0.3 is 5.11 Å². The van der Waals surface area contributed by atoms with E-state index >= 15 is 0 Å².